The van der Waals surface area contributed by atoms with E-state index in [9.17, 15) is 4.79 Å². The van der Waals surface area contributed by atoms with E-state index in [1.807, 2.05) is 19.9 Å². The Kier molecular flexibility index (Phi) is 5.91. The Morgan fingerprint density at radius 2 is 2.41 bits per heavy atom. The third kappa shape index (κ3) is 4.82. The van der Waals surface area contributed by atoms with E-state index in [1.54, 1.807) is 12.1 Å². The van der Waals surface area contributed by atoms with E-state index >= 15 is 0 Å². The number of rotatable bonds is 5. The van der Waals surface area contributed by atoms with Gasteiger partial charge in [0.15, 0.2) is 0 Å². The summed E-state index contributed by atoms with van der Waals surface area (Å²) < 4.78 is 11.3. The van der Waals surface area contributed by atoms with Crippen LogP contribution in [0.4, 0.5) is 5.69 Å². The van der Waals surface area contributed by atoms with E-state index in [1.165, 1.54) is 11.8 Å². The number of hydrogen-bond donors (Lipinski definition) is 2. The van der Waals surface area contributed by atoms with Gasteiger partial charge in [-0.3, -0.25) is 9.78 Å². The molecule has 0 spiro atoms. The van der Waals surface area contributed by atoms with Crippen LogP contribution in [-0.2, 0) is 9.47 Å². The first-order valence-electron chi connectivity index (χ1n) is 7.41. The predicted molar refractivity (Wildman–Crippen MR) is 84.5 cm³/mol. The number of pyridine rings is 1. The average Bonchev–Trinajstić information content (AvgIpc) is 2.48. The van der Waals surface area contributed by atoms with Gasteiger partial charge in [0.25, 0.3) is 5.91 Å². The Balaban J connectivity index is 1.96. The fourth-order valence-corrected chi connectivity index (χ4v) is 2.20. The van der Waals surface area contributed by atoms with Crippen molar-refractivity contribution in [1.29, 1.82) is 0 Å². The number of allylic oxidation sites excluding steroid dienone is 1. The van der Waals surface area contributed by atoms with Gasteiger partial charge in [-0.1, -0.05) is 11.6 Å². The molecule has 1 amide bonds. The summed E-state index contributed by atoms with van der Waals surface area (Å²) in [5, 5.41) is 2.92. The SMILES string of the molecule is CC(C)=CCO[C@H]1CCOC[C@H]1NC(=O)c1cc(N)ccn1. The molecule has 0 radical (unpaired) electrons. The Labute approximate surface area is 130 Å². The Bertz CT molecular complexity index is 541. The monoisotopic (exact) mass is 305 g/mol. The molecule has 2 rings (SSSR count). The van der Waals surface area contributed by atoms with Crippen LogP contribution < -0.4 is 11.1 Å². The summed E-state index contributed by atoms with van der Waals surface area (Å²) in [6, 6.07) is 3.01. The van der Waals surface area contributed by atoms with Gasteiger partial charge in [-0.15, -0.1) is 0 Å². The van der Waals surface area contributed by atoms with E-state index in [0.29, 0.717) is 31.2 Å². The molecule has 6 heteroatoms. The quantitative estimate of drug-likeness (QED) is 0.806. The van der Waals surface area contributed by atoms with Crippen molar-refractivity contribution < 1.29 is 14.3 Å². The van der Waals surface area contributed by atoms with E-state index in [2.05, 4.69) is 10.3 Å². The lowest BCUT2D eigenvalue weighted by atomic mass is 10.1. The van der Waals surface area contributed by atoms with Crippen molar-refractivity contribution in [3.05, 3.63) is 35.7 Å². The topological polar surface area (TPSA) is 86.5 Å². The maximum absolute atomic E-state index is 12.2. The van der Waals surface area contributed by atoms with Gasteiger partial charge in [-0.05, 0) is 32.4 Å². The number of nitrogens with one attached hydrogen (secondary N) is 1. The fraction of sp³-hybridized carbons (Fsp3) is 0.500. The Morgan fingerprint density at radius 1 is 1.59 bits per heavy atom. The number of carbonyl (C=O) groups is 1. The van der Waals surface area contributed by atoms with Crippen molar-refractivity contribution in [2.24, 2.45) is 0 Å². The molecule has 0 aromatic carbocycles. The van der Waals surface area contributed by atoms with Crippen LogP contribution in [-0.4, -0.2) is 42.9 Å². The van der Waals surface area contributed by atoms with Crippen LogP contribution in [0.2, 0.25) is 0 Å². The van der Waals surface area contributed by atoms with Gasteiger partial charge in [0.05, 0.1) is 25.4 Å². The van der Waals surface area contributed by atoms with Gasteiger partial charge >= 0.3 is 0 Å². The number of carbonyl (C=O) groups excluding carboxylic acids is 1. The molecule has 1 aliphatic heterocycles. The molecule has 120 valence electrons. The third-order valence-electron chi connectivity index (χ3n) is 3.43. The first-order chi connectivity index (χ1) is 10.6. The lowest BCUT2D eigenvalue weighted by molar-refractivity contribution is -0.0457. The highest BCUT2D eigenvalue weighted by Gasteiger charge is 2.28. The second-order valence-corrected chi connectivity index (χ2v) is 5.57. The third-order valence-corrected chi connectivity index (χ3v) is 3.43. The summed E-state index contributed by atoms with van der Waals surface area (Å²) in [5.74, 6) is -0.265. The predicted octanol–water partition coefficient (Wildman–Crippen LogP) is 1.53. The largest absolute Gasteiger partial charge is 0.399 e. The fourth-order valence-electron chi connectivity index (χ4n) is 2.20. The minimum absolute atomic E-state index is 0.0608. The number of anilines is 1. The normalized spacial score (nSPS) is 21.2. The van der Waals surface area contributed by atoms with Crippen LogP contribution in [0.25, 0.3) is 0 Å². The highest BCUT2D eigenvalue weighted by Crippen LogP contribution is 2.13. The zero-order valence-corrected chi connectivity index (χ0v) is 13.0. The Hall–Kier alpha value is -1.92. The van der Waals surface area contributed by atoms with Crippen molar-refractivity contribution in [3.8, 4) is 0 Å². The lowest BCUT2D eigenvalue weighted by Crippen LogP contribution is -2.50. The van der Waals surface area contributed by atoms with Gasteiger partial charge in [0.1, 0.15) is 5.69 Å². The summed E-state index contributed by atoms with van der Waals surface area (Å²) in [6.45, 7) is 5.67. The summed E-state index contributed by atoms with van der Waals surface area (Å²) in [5.41, 5.74) is 7.69. The van der Waals surface area contributed by atoms with E-state index in [4.69, 9.17) is 15.2 Å². The second kappa shape index (κ2) is 7.91. The van der Waals surface area contributed by atoms with Crippen molar-refractivity contribution in [3.63, 3.8) is 0 Å². The zero-order chi connectivity index (χ0) is 15.9. The van der Waals surface area contributed by atoms with Crippen LogP contribution in [0.1, 0.15) is 30.8 Å². The van der Waals surface area contributed by atoms with Gasteiger partial charge in [-0.25, -0.2) is 0 Å². The number of hydrogen-bond acceptors (Lipinski definition) is 5. The molecule has 2 heterocycles. The molecule has 1 fully saturated rings. The molecule has 3 N–H and O–H groups in total. The van der Waals surface area contributed by atoms with Crippen molar-refractivity contribution >= 4 is 11.6 Å². The molecule has 6 nitrogen and oxygen atoms in total. The van der Waals surface area contributed by atoms with Crippen LogP contribution >= 0.6 is 0 Å². The minimum Gasteiger partial charge on any atom is -0.399 e. The smallest absolute Gasteiger partial charge is 0.270 e. The maximum Gasteiger partial charge on any atom is 0.270 e. The van der Waals surface area contributed by atoms with Gasteiger partial charge in [0.2, 0.25) is 0 Å². The summed E-state index contributed by atoms with van der Waals surface area (Å²) in [7, 11) is 0. The number of aromatic nitrogens is 1. The molecule has 1 aromatic heterocycles. The van der Waals surface area contributed by atoms with E-state index in [0.717, 1.165) is 6.42 Å². The average molecular weight is 305 g/mol. The van der Waals surface area contributed by atoms with E-state index in [-0.39, 0.29) is 18.1 Å². The van der Waals surface area contributed by atoms with Crippen LogP contribution in [0.3, 0.4) is 0 Å². The molecular formula is C16H23N3O3. The molecular weight excluding hydrogens is 282 g/mol. The van der Waals surface area contributed by atoms with Gasteiger partial charge < -0.3 is 20.5 Å². The van der Waals surface area contributed by atoms with E-state index < -0.39 is 0 Å². The molecule has 0 aliphatic carbocycles. The van der Waals surface area contributed by atoms with Gasteiger partial charge in [0, 0.05) is 18.5 Å². The van der Waals surface area contributed by atoms with Crippen LogP contribution in [0.5, 0.6) is 0 Å². The van der Waals surface area contributed by atoms with Crippen LogP contribution in [0, 0.1) is 0 Å². The highest BCUT2D eigenvalue weighted by molar-refractivity contribution is 5.93. The number of nitrogen functional groups attached to an aromatic ring is 1. The molecule has 0 saturated carbocycles. The van der Waals surface area contributed by atoms with Crippen molar-refractivity contribution in [2.75, 3.05) is 25.6 Å². The molecule has 0 unspecified atom stereocenters. The van der Waals surface area contributed by atoms with Crippen LogP contribution in [0.15, 0.2) is 30.0 Å². The molecule has 0 bridgehead atoms. The zero-order valence-electron chi connectivity index (χ0n) is 13.0. The minimum atomic E-state index is -0.265. The molecule has 2 atom stereocenters. The molecule has 1 saturated heterocycles. The molecule has 22 heavy (non-hydrogen) atoms. The number of amides is 1. The maximum atomic E-state index is 12.2. The standard InChI is InChI=1S/C16H23N3O3/c1-11(2)4-8-22-15-5-7-21-10-14(15)19-16(20)13-9-12(17)3-6-18-13/h3-4,6,9,14-15H,5,7-8,10H2,1-2H3,(H2,17,18)(H,19,20)/t14-,15+/m1/s1. The van der Waals surface area contributed by atoms with Gasteiger partial charge in [-0.2, -0.15) is 0 Å². The van der Waals surface area contributed by atoms with Crippen molar-refractivity contribution in [2.45, 2.75) is 32.4 Å². The second-order valence-electron chi connectivity index (χ2n) is 5.57. The highest BCUT2D eigenvalue weighted by atomic mass is 16.5. The first-order valence-corrected chi connectivity index (χ1v) is 7.41. The lowest BCUT2D eigenvalue weighted by Gasteiger charge is -2.31. The number of ether oxygens (including phenoxy) is 2. The summed E-state index contributed by atoms with van der Waals surface area (Å²) >= 11 is 0. The van der Waals surface area contributed by atoms with Crippen molar-refractivity contribution in [1.82, 2.24) is 10.3 Å². The number of nitrogens with two attached hydrogens (primary N) is 1. The number of nitrogens with zero attached hydrogens (tertiary/aromatic N) is 1. The Morgan fingerprint density at radius 3 is 3.14 bits per heavy atom. The summed E-state index contributed by atoms with van der Waals surface area (Å²) in [4.78, 5) is 16.3. The first kappa shape index (κ1) is 16.5. The summed E-state index contributed by atoms with van der Waals surface area (Å²) in [6.07, 6.45) is 4.23. The molecule has 1 aliphatic rings. The molecule has 1 aromatic rings.